The number of hydrogen-bond acceptors (Lipinski definition) is 3. The topological polar surface area (TPSA) is 29.5 Å². The number of rotatable bonds is 6. The Labute approximate surface area is 359 Å². The normalized spacial score (nSPS) is 14.8. The molecule has 0 radical (unpaired) electrons. The van der Waals surface area contributed by atoms with E-state index in [4.69, 9.17) is 8.83 Å². The molecule has 0 saturated heterocycles. The fourth-order valence-corrected chi connectivity index (χ4v) is 11.0. The third-order valence-electron chi connectivity index (χ3n) is 13.5. The SMILES string of the molecule is C=C/C=C(/C1=C(N(c2ccc3c(c2)C2(c4ccccc4-c4ccccc42)c2ccccc2-3)c2ccc3oc4ccccc4c3c2)CCC=C1)c1cc2ccc3ccccc3c2o1. The van der Waals surface area contributed by atoms with E-state index < -0.39 is 5.41 Å². The van der Waals surface area contributed by atoms with E-state index >= 15 is 0 Å². The number of anilines is 2. The van der Waals surface area contributed by atoms with Gasteiger partial charge in [-0.05, 0) is 105 Å². The van der Waals surface area contributed by atoms with Crippen molar-refractivity contribution >= 4 is 60.6 Å². The molecule has 1 spiro atoms. The van der Waals surface area contributed by atoms with Crippen LogP contribution in [0, 0.1) is 0 Å². The highest BCUT2D eigenvalue weighted by Gasteiger charge is 2.51. The van der Waals surface area contributed by atoms with Gasteiger partial charge in [0.1, 0.15) is 22.5 Å². The van der Waals surface area contributed by atoms with Crippen molar-refractivity contribution < 1.29 is 8.83 Å². The van der Waals surface area contributed by atoms with Crippen molar-refractivity contribution in [2.75, 3.05) is 4.90 Å². The molecule has 0 fully saturated rings. The van der Waals surface area contributed by atoms with Crippen molar-refractivity contribution in [2.24, 2.45) is 0 Å². The van der Waals surface area contributed by atoms with Gasteiger partial charge in [0.2, 0.25) is 0 Å². The fraction of sp³-hybridized carbons (Fsp3) is 0.0508. The van der Waals surface area contributed by atoms with Gasteiger partial charge in [-0.1, -0.05) is 164 Å². The lowest BCUT2D eigenvalue weighted by Gasteiger charge is -2.34. The molecule has 0 bridgehead atoms. The maximum atomic E-state index is 6.90. The van der Waals surface area contributed by atoms with Crippen LogP contribution in [0.5, 0.6) is 0 Å². The summed E-state index contributed by atoms with van der Waals surface area (Å²) in [5, 5.41) is 5.53. The average Bonchev–Trinajstić information content (AvgIpc) is 4.08. The second kappa shape index (κ2) is 13.3. The molecule has 3 heteroatoms. The van der Waals surface area contributed by atoms with Crippen LogP contribution in [0.4, 0.5) is 11.4 Å². The van der Waals surface area contributed by atoms with Crippen molar-refractivity contribution in [1.82, 2.24) is 0 Å². The van der Waals surface area contributed by atoms with Crippen LogP contribution in [0.3, 0.4) is 0 Å². The van der Waals surface area contributed by atoms with Crippen LogP contribution < -0.4 is 4.90 Å². The third-order valence-corrected chi connectivity index (χ3v) is 13.5. The van der Waals surface area contributed by atoms with Gasteiger partial charge in [-0.15, -0.1) is 0 Å². The molecule has 0 amide bonds. The van der Waals surface area contributed by atoms with E-state index in [1.807, 2.05) is 12.1 Å². The molecule has 62 heavy (non-hydrogen) atoms. The summed E-state index contributed by atoms with van der Waals surface area (Å²) >= 11 is 0. The van der Waals surface area contributed by atoms with Crippen molar-refractivity contribution in [3.05, 3.63) is 246 Å². The zero-order valence-corrected chi connectivity index (χ0v) is 33.9. The predicted octanol–water partition coefficient (Wildman–Crippen LogP) is 15.8. The Morgan fingerprint density at radius 2 is 1.15 bits per heavy atom. The number of allylic oxidation sites excluding steroid dienone is 7. The first-order chi connectivity index (χ1) is 30.7. The van der Waals surface area contributed by atoms with Crippen LogP contribution in [0.25, 0.3) is 71.5 Å². The molecular formula is C59H39NO2. The smallest absolute Gasteiger partial charge is 0.142 e. The minimum atomic E-state index is -0.472. The first-order valence-electron chi connectivity index (χ1n) is 21.5. The van der Waals surface area contributed by atoms with Crippen LogP contribution in [0.15, 0.2) is 227 Å². The number of fused-ring (bicyclic) bond motifs is 16. The van der Waals surface area contributed by atoms with E-state index in [0.717, 1.165) is 84.8 Å². The van der Waals surface area contributed by atoms with E-state index in [1.54, 1.807) is 0 Å². The highest BCUT2D eigenvalue weighted by atomic mass is 16.3. The third kappa shape index (κ3) is 4.82. The minimum Gasteiger partial charge on any atom is -0.456 e. The second-order valence-electron chi connectivity index (χ2n) is 16.7. The molecule has 0 N–H and O–H groups in total. The molecule has 3 nitrogen and oxygen atoms in total. The summed E-state index contributed by atoms with van der Waals surface area (Å²) < 4.78 is 13.3. The lowest BCUT2D eigenvalue weighted by atomic mass is 9.70. The van der Waals surface area contributed by atoms with Crippen molar-refractivity contribution in [1.29, 1.82) is 0 Å². The molecule has 0 atom stereocenters. The number of furan rings is 2. The van der Waals surface area contributed by atoms with E-state index in [2.05, 4.69) is 200 Å². The van der Waals surface area contributed by atoms with E-state index in [0.29, 0.717) is 0 Å². The summed E-state index contributed by atoms with van der Waals surface area (Å²) in [6.45, 7) is 4.22. The van der Waals surface area contributed by atoms with Crippen LogP contribution in [-0.2, 0) is 5.41 Å². The van der Waals surface area contributed by atoms with Crippen molar-refractivity contribution in [3.8, 4) is 22.3 Å². The predicted molar refractivity (Wildman–Crippen MR) is 256 cm³/mol. The maximum Gasteiger partial charge on any atom is 0.142 e. The fourth-order valence-electron chi connectivity index (χ4n) is 11.0. The second-order valence-corrected chi connectivity index (χ2v) is 16.7. The van der Waals surface area contributed by atoms with E-state index in [1.165, 1.54) is 50.2 Å². The van der Waals surface area contributed by atoms with Gasteiger partial charge in [0.25, 0.3) is 0 Å². The molecule has 292 valence electrons. The molecule has 13 rings (SSSR count). The molecule has 2 aromatic heterocycles. The standard InChI is InChI=1S/C59H39NO2/c1-2-15-47(57-34-38-29-28-37-16-3-4-17-41(37)58(38)62-57)46-21-8-13-26-54(46)60(39-31-33-56-49(35-39)48-22-9-14-27-55(48)61-56)40-30-32-45-44-20-7-12-25-52(44)59(53(45)36-40)50-23-10-5-18-42(50)43-19-6-11-24-51(43)59/h2-12,14-25,27-36H,1,13,26H2/b47-15-. The van der Waals surface area contributed by atoms with Crippen LogP contribution in [0.1, 0.15) is 40.9 Å². The van der Waals surface area contributed by atoms with Gasteiger partial charge in [0.05, 0.1) is 5.41 Å². The van der Waals surface area contributed by atoms with Crippen LogP contribution in [0.2, 0.25) is 0 Å². The van der Waals surface area contributed by atoms with Gasteiger partial charge in [-0.3, -0.25) is 0 Å². The average molecular weight is 794 g/mol. The summed E-state index contributed by atoms with van der Waals surface area (Å²) in [6, 6.07) is 64.2. The minimum absolute atomic E-state index is 0.472. The van der Waals surface area contributed by atoms with E-state index in [-0.39, 0.29) is 0 Å². The van der Waals surface area contributed by atoms with Crippen LogP contribution >= 0.6 is 0 Å². The molecule has 3 aliphatic carbocycles. The molecule has 0 saturated carbocycles. The summed E-state index contributed by atoms with van der Waals surface area (Å²) in [5.41, 5.74) is 18.1. The summed E-state index contributed by atoms with van der Waals surface area (Å²) in [7, 11) is 0. The maximum absolute atomic E-state index is 6.90. The van der Waals surface area contributed by atoms with Gasteiger partial charge < -0.3 is 13.7 Å². The number of hydrogen-bond donors (Lipinski definition) is 0. The quantitative estimate of drug-likeness (QED) is 0.157. The van der Waals surface area contributed by atoms with Gasteiger partial charge in [0, 0.05) is 49.8 Å². The zero-order chi connectivity index (χ0) is 40.9. The molecule has 0 aliphatic heterocycles. The molecule has 10 aromatic rings. The van der Waals surface area contributed by atoms with Gasteiger partial charge >= 0.3 is 0 Å². The van der Waals surface area contributed by atoms with Gasteiger partial charge in [-0.25, -0.2) is 0 Å². The Hall–Kier alpha value is -7.88. The number of para-hydroxylation sites is 1. The van der Waals surface area contributed by atoms with E-state index in [9.17, 15) is 0 Å². The highest BCUT2D eigenvalue weighted by molar-refractivity contribution is 6.07. The number of nitrogens with zero attached hydrogens (tertiary/aromatic N) is 1. The Kier molecular flexibility index (Phi) is 7.50. The summed E-state index contributed by atoms with van der Waals surface area (Å²) in [4.78, 5) is 2.50. The monoisotopic (exact) mass is 793 g/mol. The lowest BCUT2D eigenvalue weighted by molar-refractivity contribution is 0.603. The van der Waals surface area contributed by atoms with Gasteiger partial charge in [-0.2, -0.15) is 0 Å². The Bertz CT molecular complexity index is 3560. The largest absolute Gasteiger partial charge is 0.456 e. The van der Waals surface area contributed by atoms with Crippen LogP contribution in [-0.4, -0.2) is 0 Å². The Balaban J connectivity index is 1.08. The first kappa shape index (κ1) is 34.9. The van der Waals surface area contributed by atoms with Gasteiger partial charge in [0.15, 0.2) is 0 Å². The molecular weight excluding hydrogens is 755 g/mol. The lowest BCUT2D eigenvalue weighted by Crippen LogP contribution is -2.26. The molecule has 3 aliphatic rings. The molecule has 2 heterocycles. The highest BCUT2D eigenvalue weighted by Crippen LogP contribution is 2.63. The molecule has 0 unspecified atom stereocenters. The summed E-state index contributed by atoms with van der Waals surface area (Å²) in [6.07, 6.45) is 10.3. The van der Waals surface area contributed by atoms with Crippen molar-refractivity contribution in [3.63, 3.8) is 0 Å². The summed E-state index contributed by atoms with van der Waals surface area (Å²) in [5.74, 6) is 0.814. The Morgan fingerprint density at radius 1 is 0.532 bits per heavy atom. The molecule has 8 aromatic carbocycles. The van der Waals surface area contributed by atoms with Crippen molar-refractivity contribution in [2.45, 2.75) is 18.3 Å². The zero-order valence-electron chi connectivity index (χ0n) is 33.9. The first-order valence-corrected chi connectivity index (χ1v) is 21.5. The number of benzene rings is 8. The Morgan fingerprint density at radius 3 is 1.90 bits per heavy atom.